The van der Waals surface area contributed by atoms with Gasteiger partial charge >= 0.3 is 6.03 Å². The molecule has 0 radical (unpaired) electrons. The molecule has 0 unspecified atom stereocenters. The standard InChI is InChI=1S/C16H13N5O3/c22-14-8-11-4-2-1-3-10(11)7-12(14)19-16(24)21-20-15(23)13-9-17-5-6-18-13/h1-9,22H,(H,20,23)(H2,19,21,24). The molecule has 0 atom stereocenters. The van der Waals surface area contributed by atoms with E-state index in [4.69, 9.17) is 0 Å². The second-order valence-corrected chi connectivity index (χ2v) is 4.84. The molecule has 8 heteroatoms. The SMILES string of the molecule is O=C(NNC(=O)c1cnccn1)Nc1cc2ccccc2cc1O. The van der Waals surface area contributed by atoms with Crippen molar-refractivity contribution >= 4 is 28.4 Å². The quantitative estimate of drug-likeness (QED) is 0.424. The lowest BCUT2D eigenvalue weighted by atomic mass is 10.1. The van der Waals surface area contributed by atoms with Crippen LogP contribution in [0.5, 0.6) is 5.75 Å². The van der Waals surface area contributed by atoms with Crippen molar-refractivity contribution in [3.8, 4) is 5.75 Å². The number of benzene rings is 2. The zero-order chi connectivity index (χ0) is 16.9. The Morgan fingerprint density at radius 3 is 2.46 bits per heavy atom. The van der Waals surface area contributed by atoms with E-state index in [2.05, 4.69) is 26.1 Å². The van der Waals surface area contributed by atoms with Gasteiger partial charge in [0.1, 0.15) is 11.4 Å². The van der Waals surface area contributed by atoms with Gasteiger partial charge in [-0.25, -0.2) is 15.2 Å². The van der Waals surface area contributed by atoms with Gasteiger partial charge in [-0.3, -0.25) is 15.2 Å². The molecule has 1 heterocycles. The van der Waals surface area contributed by atoms with Crippen molar-refractivity contribution in [3.05, 3.63) is 60.7 Å². The molecule has 3 aromatic rings. The van der Waals surface area contributed by atoms with Crippen LogP contribution in [0.2, 0.25) is 0 Å². The number of nitrogens with zero attached hydrogens (tertiary/aromatic N) is 2. The molecule has 3 rings (SSSR count). The van der Waals surface area contributed by atoms with Gasteiger partial charge in [0, 0.05) is 12.4 Å². The van der Waals surface area contributed by atoms with Crippen LogP contribution < -0.4 is 16.2 Å². The number of hydrazine groups is 1. The number of rotatable bonds is 2. The highest BCUT2D eigenvalue weighted by atomic mass is 16.3. The van der Waals surface area contributed by atoms with E-state index in [9.17, 15) is 14.7 Å². The van der Waals surface area contributed by atoms with E-state index in [0.29, 0.717) is 0 Å². The van der Waals surface area contributed by atoms with E-state index in [1.165, 1.54) is 18.6 Å². The third kappa shape index (κ3) is 3.38. The van der Waals surface area contributed by atoms with Crippen LogP contribution in [-0.4, -0.2) is 27.0 Å². The van der Waals surface area contributed by atoms with Gasteiger partial charge in [-0.05, 0) is 22.9 Å². The van der Waals surface area contributed by atoms with Crippen molar-refractivity contribution in [2.24, 2.45) is 0 Å². The van der Waals surface area contributed by atoms with E-state index < -0.39 is 11.9 Å². The third-order valence-electron chi connectivity index (χ3n) is 3.20. The zero-order valence-corrected chi connectivity index (χ0v) is 12.4. The number of phenols is 1. The largest absolute Gasteiger partial charge is 0.506 e. The summed E-state index contributed by atoms with van der Waals surface area (Å²) in [5, 5.41) is 14.1. The zero-order valence-electron chi connectivity index (χ0n) is 12.4. The Balaban J connectivity index is 1.65. The summed E-state index contributed by atoms with van der Waals surface area (Å²) in [6, 6.07) is 9.87. The molecule has 0 aliphatic carbocycles. The minimum atomic E-state index is -0.710. The van der Waals surface area contributed by atoms with Gasteiger partial charge in [0.15, 0.2) is 0 Å². The number of fused-ring (bicyclic) bond motifs is 1. The summed E-state index contributed by atoms with van der Waals surface area (Å²) >= 11 is 0. The molecule has 2 aromatic carbocycles. The van der Waals surface area contributed by atoms with E-state index in [1.807, 2.05) is 24.3 Å². The van der Waals surface area contributed by atoms with Crippen molar-refractivity contribution in [2.45, 2.75) is 0 Å². The highest BCUT2D eigenvalue weighted by molar-refractivity contribution is 5.98. The van der Waals surface area contributed by atoms with Crippen LogP contribution in [0.15, 0.2) is 55.0 Å². The highest BCUT2D eigenvalue weighted by Crippen LogP contribution is 2.29. The molecule has 1 aromatic heterocycles. The molecule has 0 fully saturated rings. The molecule has 0 aliphatic heterocycles. The Morgan fingerprint density at radius 1 is 1.00 bits per heavy atom. The first-order valence-corrected chi connectivity index (χ1v) is 6.98. The molecule has 8 nitrogen and oxygen atoms in total. The van der Waals surface area contributed by atoms with Crippen LogP contribution in [-0.2, 0) is 0 Å². The number of phenolic OH excluding ortho intramolecular Hbond substituents is 1. The number of carbonyl (C=O) groups excluding carboxylic acids is 2. The van der Waals surface area contributed by atoms with Gasteiger partial charge in [-0.15, -0.1) is 0 Å². The Kier molecular flexibility index (Phi) is 4.19. The molecule has 0 saturated heterocycles. The number of carbonyl (C=O) groups is 2. The summed E-state index contributed by atoms with van der Waals surface area (Å²) in [7, 11) is 0. The van der Waals surface area contributed by atoms with E-state index in [-0.39, 0.29) is 17.1 Å². The van der Waals surface area contributed by atoms with Crippen molar-refractivity contribution in [1.82, 2.24) is 20.8 Å². The minimum Gasteiger partial charge on any atom is -0.506 e. The van der Waals surface area contributed by atoms with Crippen LogP contribution in [0.4, 0.5) is 10.5 Å². The number of aromatic nitrogens is 2. The third-order valence-corrected chi connectivity index (χ3v) is 3.20. The maximum Gasteiger partial charge on any atom is 0.338 e. The van der Waals surface area contributed by atoms with Crippen LogP contribution in [0.1, 0.15) is 10.5 Å². The Labute approximate surface area is 136 Å². The summed E-state index contributed by atoms with van der Waals surface area (Å²) in [6.45, 7) is 0. The maximum atomic E-state index is 11.9. The number of hydrogen-bond acceptors (Lipinski definition) is 5. The van der Waals surface area contributed by atoms with E-state index >= 15 is 0 Å². The lowest BCUT2D eigenvalue weighted by molar-refractivity contribution is 0.0932. The van der Waals surface area contributed by atoms with Crippen LogP contribution in [0.3, 0.4) is 0 Å². The predicted molar refractivity (Wildman–Crippen MR) is 87.3 cm³/mol. The molecule has 0 spiro atoms. The van der Waals surface area contributed by atoms with Gasteiger partial charge in [0.25, 0.3) is 5.91 Å². The molecule has 0 saturated carbocycles. The topological polar surface area (TPSA) is 116 Å². The van der Waals surface area contributed by atoms with Crippen LogP contribution >= 0.6 is 0 Å². The number of nitrogens with one attached hydrogen (secondary N) is 3. The highest BCUT2D eigenvalue weighted by Gasteiger charge is 2.10. The second kappa shape index (κ2) is 6.61. The lowest BCUT2D eigenvalue weighted by Gasteiger charge is -2.11. The van der Waals surface area contributed by atoms with Crippen molar-refractivity contribution in [1.29, 1.82) is 0 Å². The smallest absolute Gasteiger partial charge is 0.338 e. The second-order valence-electron chi connectivity index (χ2n) is 4.84. The molecular formula is C16H13N5O3. The molecule has 120 valence electrons. The molecule has 0 bridgehead atoms. The average Bonchev–Trinajstić information content (AvgIpc) is 2.61. The van der Waals surface area contributed by atoms with Crippen molar-refractivity contribution in [2.75, 3.05) is 5.32 Å². The first-order valence-electron chi connectivity index (χ1n) is 6.98. The summed E-state index contributed by atoms with van der Waals surface area (Å²) in [5.74, 6) is -0.690. The van der Waals surface area contributed by atoms with Gasteiger partial charge in [0.05, 0.1) is 11.9 Å². The molecule has 24 heavy (non-hydrogen) atoms. The predicted octanol–water partition coefficient (Wildman–Crippen LogP) is 1.80. The van der Waals surface area contributed by atoms with Gasteiger partial charge in [-0.1, -0.05) is 24.3 Å². The van der Waals surface area contributed by atoms with Gasteiger partial charge in [0.2, 0.25) is 0 Å². The van der Waals surface area contributed by atoms with Gasteiger partial charge < -0.3 is 10.4 Å². The van der Waals surface area contributed by atoms with Crippen LogP contribution in [0.25, 0.3) is 10.8 Å². The first-order chi connectivity index (χ1) is 11.6. The maximum absolute atomic E-state index is 11.9. The normalized spacial score (nSPS) is 10.2. The average molecular weight is 323 g/mol. The summed E-state index contributed by atoms with van der Waals surface area (Å²) in [6.07, 6.45) is 4.06. The van der Waals surface area contributed by atoms with Crippen molar-refractivity contribution in [3.63, 3.8) is 0 Å². The molecular weight excluding hydrogens is 310 g/mol. The van der Waals surface area contributed by atoms with Gasteiger partial charge in [-0.2, -0.15) is 0 Å². The molecule has 0 aliphatic rings. The lowest BCUT2D eigenvalue weighted by Crippen LogP contribution is -2.44. The molecule has 4 N–H and O–H groups in total. The number of amides is 3. The Bertz CT molecular complexity index is 899. The fourth-order valence-corrected chi connectivity index (χ4v) is 2.08. The number of aromatic hydroxyl groups is 1. The minimum absolute atomic E-state index is 0.0614. The Morgan fingerprint density at radius 2 is 1.75 bits per heavy atom. The summed E-state index contributed by atoms with van der Waals surface area (Å²) in [4.78, 5) is 31.1. The first kappa shape index (κ1) is 15.2. The van der Waals surface area contributed by atoms with E-state index in [1.54, 1.807) is 12.1 Å². The Hall–Kier alpha value is -3.68. The summed E-state index contributed by atoms with van der Waals surface area (Å²) in [5.41, 5.74) is 4.65. The van der Waals surface area contributed by atoms with E-state index in [0.717, 1.165) is 10.8 Å². The summed E-state index contributed by atoms with van der Waals surface area (Å²) < 4.78 is 0. The van der Waals surface area contributed by atoms with Crippen LogP contribution in [0, 0.1) is 0 Å². The number of urea groups is 1. The van der Waals surface area contributed by atoms with Crippen molar-refractivity contribution < 1.29 is 14.7 Å². The monoisotopic (exact) mass is 323 g/mol. The number of hydrogen-bond donors (Lipinski definition) is 4. The fraction of sp³-hybridized carbons (Fsp3) is 0. The number of anilines is 1. The fourth-order valence-electron chi connectivity index (χ4n) is 2.08. The molecule has 3 amide bonds.